The highest BCUT2D eigenvalue weighted by Gasteiger charge is 2.26. The number of halogens is 2. The first-order valence-electron chi connectivity index (χ1n) is 8.45. The zero-order chi connectivity index (χ0) is 17.4. The Bertz CT molecular complexity index is 836. The van der Waals surface area contributed by atoms with Crippen LogP contribution >= 0.6 is 23.2 Å². The van der Waals surface area contributed by atoms with Crippen LogP contribution in [0.1, 0.15) is 24.0 Å². The SMILES string of the molecule is O=C(Nc1ccc(Cl)c(Cl)c1)Oc1ccc2c3c1CCCN3CCC2. The van der Waals surface area contributed by atoms with Crippen LogP contribution in [0.3, 0.4) is 0 Å². The fraction of sp³-hybridized carbons (Fsp3) is 0.316. The Labute approximate surface area is 156 Å². The first-order valence-corrected chi connectivity index (χ1v) is 9.21. The standard InChI is InChI=1S/C19H18Cl2N2O2/c20-15-7-6-13(11-16(15)21)22-19(24)25-17-8-5-12-3-1-9-23-10-2-4-14(17)18(12)23/h5-8,11H,1-4,9-10H2,(H,22,24). The maximum atomic E-state index is 12.3. The quantitative estimate of drug-likeness (QED) is 0.772. The number of carbonyl (C=O) groups is 1. The highest BCUT2D eigenvalue weighted by Crippen LogP contribution is 2.40. The molecule has 2 heterocycles. The minimum Gasteiger partial charge on any atom is -0.410 e. The fourth-order valence-corrected chi connectivity index (χ4v) is 3.96. The van der Waals surface area contributed by atoms with Gasteiger partial charge in [-0.15, -0.1) is 0 Å². The van der Waals surface area contributed by atoms with Crippen LogP contribution in [0.5, 0.6) is 5.75 Å². The van der Waals surface area contributed by atoms with E-state index in [4.69, 9.17) is 27.9 Å². The molecule has 130 valence electrons. The molecule has 0 bridgehead atoms. The van der Waals surface area contributed by atoms with Gasteiger partial charge in [0.05, 0.1) is 10.0 Å². The molecule has 4 rings (SSSR count). The average molecular weight is 377 g/mol. The summed E-state index contributed by atoms with van der Waals surface area (Å²) < 4.78 is 5.61. The Kier molecular flexibility index (Phi) is 4.48. The van der Waals surface area contributed by atoms with Crippen molar-refractivity contribution in [3.63, 3.8) is 0 Å². The van der Waals surface area contributed by atoms with Gasteiger partial charge in [0.2, 0.25) is 0 Å². The predicted octanol–water partition coefficient (Wildman–Crippen LogP) is 5.30. The second-order valence-electron chi connectivity index (χ2n) is 6.39. The van der Waals surface area contributed by atoms with Crippen LogP contribution < -0.4 is 15.0 Å². The monoisotopic (exact) mass is 376 g/mol. The minimum absolute atomic E-state index is 0.388. The molecule has 0 aromatic heterocycles. The van der Waals surface area contributed by atoms with Crippen LogP contribution in [0.2, 0.25) is 10.0 Å². The highest BCUT2D eigenvalue weighted by atomic mass is 35.5. The number of anilines is 2. The lowest BCUT2D eigenvalue weighted by Crippen LogP contribution is -2.34. The zero-order valence-electron chi connectivity index (χ0n) is 13.6. The number of amides is 1. The number of hydrogen-bond donors (Lipinski definition) is 1. The maximum absolute atomic E-state index is 12.3. The van der Waals surface area contributed by atoms with Crippen molar-refractivity contribution < 1.29 is 9.53 Å². The van der Waals surface area contributed by atoms with Gasteiger partial charge in [-0.05, 0) is 55.5 Å². The molecule has 0 fully saturated rings. The second-order valence-corrected chi connectivity index (χ2v) is 7.20. The van der Waals surface area contributed by atoms with Crippen LogP contribution in [0.4, 0.5) is 16.2 Å². The molecule has 0 saturated carbocycles. The summed E-state index contributed by atoms with van der Waals surface area (Å²) in [6, 6.07) is 8.92. The summed E-state index contributed by atoms with van der Waals surface area (Å²) in [5.41, 5.74) is 4.33. The Morgan fingerprint density at radius 3 is 2.64 bits per heavy atom. The van der Waals surface area contributed by atoms with E-state index in [9.17, 15) is 4.79 Å². The van der Waals surface area contributed by atoms with Crippen LogP contribution in [-0.4, -0.2) is 19.2 Å². The minimum atomic E-state index is -0.525. The number of carbonyl (C=O) groups excluding carboxylic acids is 1. The third kappa shape index (κ3) is 3.29. The molecular weight excluding hydrogens is 359 g/mol. The van der Waals surface area contributed by atoms with Gasteiger partial charge in [0.25, 0.3) is 0 Å². The molecule has 25 heavy (non-hydrogen) atoms. The van der Waals surface area contributed by atoms with E-state index in [0.29, 0.717) is 21.5 Å². The van der Waals surface area contributed by atoms with Crippen molar-refractivity contribution >= 4 is 40.7 Å². The molecular formula is C19H18Cl2N2O2. The van der Waals surface area contributed by atoms with Gasteiger partial charge in [0.1, 0.15) is 5.75 Å². The summed E-state index contributed by atoms with van der Waals surface area (Å²) in [5, 5.41) is 3.53. The summed E-state index contributed by atoms with van der Waals surface area (Å²) in [5.74, 6) is 0.642. The normalized spacial score (nSPS) is 15.5. The molecule has 2 aliphatic rings. The third-order valence-corrected chi connectivity index (χ3v) is 5.48. The molecule has 0 spiro atoms. The number of benzene rings is 2. The number of nitrogens with one attached hydrogen (secondary N) is 1. The van der Waals surface area contributed by atoms with Crippen LogP contribution in [-0.2, 0) is 12.8 Å². The number of nitrogens with zero attached hydrogens (tertiary/aromatic N) is 1. The van der Waals surface area contributed by atoms with Crippen molar-refractivity contribution in [2.45, 2.75) is 25.7 Å². The molecule has 2 aliphatic heterocycles. The summed E-state index contributed by atoms with van der Waals surface area (Å²) in [4.78, 5) is 14.7. The van der Waals surface area contributed by atoms with E-state index < -0.39 is 6.09 Å². The molecule has 1 amide bonds. The Morgan fingerprint density at radius 1 is 1.04 bits per heavy atom. The highest BCUT2D eigenvalue weighted by molar-refractivity contribution is 6.42. The van der Waals surface area contributed by atoms with E-state index in [2.05, 4.69) is 16.3 Å². The molecule has 2 aromatic rings. The maximum Gasteiger partial charge on any atom is 0.417 e. The van der Waals surface area contributed by atoms with Crippen molar-refractivity contribution in [2.24, 2.45) is 0 Å². The van der Waals surface area contributed by atoms with Crippen molar-refractivity contribution in [1.82, 2.24) is 0 Å². The number of hydrogen-bond acceptors (Lipinski definition) is 3. The van der Waals surface area contributed by atoms with E-state index in [1.807, 2.05) is 6.07 Å². The Balaban J connectivity index is 1.55. The Morgan fingerprint density at radius 2 is 1.84 bits per heavy atom. The van der Waals surface area contributed by atoms with Gasteiger partial charge in [-0.3, -0.25) is 5.32 Å². The first-order chi connectivity index (χ1) is 12.1. The molecule has 0 aliphatic carbocycles. The topological polar surface area (TPSA) is 41.6 Å². The fourth-order valence-electron chi connectivity index (χ4n) is 3.66. The first kappa shape index (κ1) is 16.6. The zero-order valence-corrected chi connectivity index (χ0v) is 15.2. The van der Waals surface area contributed by atoms with Gasteiger partial charge < -0.3 is 9.64 Å². The lowest BCUT2D eigenvalue weighted by Gasteiger charge is -2.37. The summed E-state index contributed by atoms with van der Waals surface area (Å²) >= 11 is 11.9. The van der Waals surface area contributed by atoms with E-state index >= 15 is 0 Å². The molecule has 2 aromatic carbocycles. The molecule has 0 unspecified atom stereocenters. The lowest BCUT2D eigenvalue weighted by molar-refractivity contribution is 0.214. The molecule has 0 saturated heterocycles. The van der Waals surface area contributed by atoms with Crippen molar-refractivity contribution in [3.8, 4) is 5.75 Å². The van der Waals surface area contributed by atoms with Gasteiger partial charge >= 0.3 is 6.09 Å². The number of rotatable bonds is 2. The van der Waals surface area contributed by atoms with E-state index in [-0.39, 0.29) is 0 Å². The molecule has 6 heteroatoms. The van der Waals surface area contributed by atoms with Gasteiger partial charge in [0.15, 0.2) is 0 Å². The van der Waals surface area contributed by atoms with Gasteiger partial charge in [0, 0.05) is 30.0 Å². The second kappa shape index (κ2) is 6.77. The van der Waals surface area contributed by atoms with E-state index in [1.54, 1.807) is 18.2 Å². The van der Waals surface area contributed by atoms with Crippen LogP contribution in [0.25, 0.3) is 0 Å². The van der Waals surface area contributed by atoms with Crippen molar-refractivity contribution in [3.05, 3.63) is 51.5 Å². The van der Waals surface area contributed by atoms with E-state index in [0.717, 1.165) is 37.9 Å². The summed E-state index contributed by atoms with van der Waals surface area (Å²) in [6.07, 6.45) is 3.78. The van der Waals surface area contributed by atoms with Crippen molar-refractivity contribution in [2.75, 3.05) is 23.3 Å². The van der Waals surface area contributed by atoms with Gasteiger partial charge in [-0.1, -0.05) is 29.3 Å². The summed E-state index contributed by atoms with van der Waals surface area (Å²) in [7, 11) is 0. The number of ether oxygens (including phenoxy) is 1. The number of aryl methyl sites for hydroxylation is 1. The largest absolute Gasteiger partial charge is 0.417 e. The van der Waals surface area contributed by atoms with Crippen LogP contribution in [0.15, 0.2) is 30.3 Å². The van der Waals surface area contributed by atoms with Gasteiger partial charge in [-0.2, -0.15) is 0 Å². The van der Waals surface area contributed by atoms with Gasteiger partial charge in [-0.25, -0.2) is 4.79 Å². The molecule has 4 nitrogen and oxygen atoms in total. The van der Waals surface area contributed by atoms with Crippen LogP contribution in [0, 0.1) is 0 Å². The molecule has 0 atom stereocenters. The predicted molar refractivity (Wildman–Crippen MR) is 101 cm³/mol. The van der Waals surface area contributed by atoms with Crippen molar-refractivity contribution in [1.29, 1.82) is 0 Å². The summed E-state index contributed by atoms with van der Waals surface area (Å²) in [6.45, 7) is 2.16. The third-order valence-electron chi connectivity index (χ3n) is 4.74. The lowest BCUT2D eigenvalue weighted by atomic mass is 9.91. The smallest absolute Gasteiger partial charge is 0.410 e. The molecule has 0 radical (unpaired) electrons. The molecule has 1 N–H and O–H groups in total. The average Bonchev–Trinajstić information content (AvgIpc) is 2.61. The Hall–Kier alpha value is -1.91. The van der Waals surface area contributed by atoms with E-state index in [1.165, 1.54) is 17.7 Å².